The predicted molar refractivity (Wildman–Crippen MR) is 64.8 cm³/mol. The van der Waals surface area contributed by atoms with Gasteiger partial charge in [0.25, 0.3) is 0 Å². The highest BCUT2D eigenvalue weighted by atomic mass is 32.2. The molecule has 0 aromatic rings. The van der Waals surface area contributed by atoms with Crippen LogP contribution in [-0.4, -0.2) is 50.4 Å². The van der Waals surface area contributed by atoms with Crippen LogP contribution in [0.4, 0.5) is 0 Å². The van der Waals surface area contributed by atoms with Gasteiger partial charge in [0.2, 0.25) is 5.91 Å². The lowest BCUT2D eigenvalue weighted by atomic mass is 10.2. The maximum atomic E-state index is 11.6. The quantitative estimate of drug-likeness (QED) is 0.690. The van der Waals surface area contributed by atoms with Crippen LogP contribution in [-0.2, 0) is 14.6 Å². The van der Waals surface area contributed by atoms with Crippen molar-refractivity contribution in [1.82, 2.24) is 4.90 Å². The van der Waals surface area contributed by atoms with Crippen LogP contribution in [0.2, 0.25) is 0 Å². The van der Waals surface area contributed by atoms with Gasteiger partial charge in [-0.1, -0.05) is 6.92 Å². The van der Waals surface area contributed by atoms with Gasteiger partial charge in [-0.25, -0.2) is 8.42 Å². The molecule has 0 saturated heterocycles. The van der Waals surface area contributed by atoms with Crippen molar-refractivity contribution in [1.29, 1.82) is 0 Å². The van der Waals surface area contributed by atoms with Crippen molar-refractivity contribution in [2.45, 2.75) is 32.7 Å². The number of nitrogens with two attached hydrogens (primary N) is 1. The van der Waals surface area contributed by atoms with Gasteiger partial charge >= 0.3 is 0 Å². The minimum Gasteiger partial charge on any atom is -0.342 e. The van der Waals surface area contributed by atoms with Gasteiger partial charge in [-0.3, -0.25) is 4.79 Å². The Kier molecular flexibility index (Phi) is 6.59. The highest BCUT2D eigenvalue weighted by Crippen LogP contribution is 2.04. The van der Waals surface area contributed by atoms with E-state index in [2.05, 4.69) is 0 Å². The Morgan fingerprint density at radius 2 is 2.00 bits per heavy atom. The lowest BCUT2D eigenvalue weighted by Gasteiger charge is -2.24. The molecule has 0 radical (unpaired) electrons. The molecular weight excluding hydrogens is 228 g/mol. The van der Waals surface area contributed by atoms with E-state index in [1.807, 2.05) is 0 Å². The summed E-state index contributed by atoms with van der Waals surface area (Å²) in [6.07, 6.45) is 1.01. The highest BCUT2D eigenvalue weighted by molar-refractivity contribution is 7.91. The van der Waals surface area contributed by atoms with Crippen molar-refractivity contribution in [3.63, 3.8) is 0 Å². The molecule has 0 bridgehead atoms. The SMILES string of the molecule is CCS(=O)(=O)CC(C)N(C)C(=O)CCCN. The van der Waals surface area contributed by atoms with E-state index in [1.165, 1.54) is 4.90 Å². The van der Waals surface area contributed by atoms with Gasteiger partial charge in [0, 0.05) is 25.3 Å². The third-order valence-electron chi connectivity index (χ3n) is 2.58. The van der Waals surface area contributed by atoms with Crippen LogP contribution < -0.4 is 5.73 Å². The van der Waals surface area contributed by atoms with E-state index < -0.39 is 9.84 Å². The number of carbonyl (C=O) groups excluding carboxylic acids is 1. The van der Waals surface area contributed by atoms with E-state index in [0.29, 0.717) is 19.4 Å². The number of rotatable bonds is 7. The van der Waals surface area contributed by atoms with Crippen molar-refractivity contribution in [3.05, 3.63) is 0 Å². The summed E-state index contributed by atoms with van der Waals surface area (Å²) in [5.41, 5.74) is 5.31. The lowest BCUT2D eigenvalue weighted by Crippen LogP contribution is -2.39. The second-order valence-electron chi connectivity index (χ2n) is 3.94. The van der Waals surface area contributed by atoms with Crippen molar-refractivity contribution in [2.24, 2.45) is 5.73 Å². The fourth-order valence-electron chi connectivity index (χ4n) is 1.27. The van der Waals surface area contributed by atoms with Gasteiger partial charge in [-0.2, -0.15) is 0 Å². The zero-order valence-corrected chi connectivity index (χ0v) is 11.1. The maximum Gasteiger partial charge on any atom is 0.222 e. The molecule has 0 spiro atoms. The second kappa shape index (κ2) is 6.85. The van der Waals surface area contributed by atoms with Crippen molar-refractivity contribution < 1.29 is 13.2 Å². The average molecular weight is 250 g/mol. The lowest BCUT2D eigenvalue weighted by molar-refractivity contribution is -0.131. The van der Waals surface area contributed by atoms with E-state index in [0.717, 1.165) is 0 Å². The summed E-state index contributed by atoms with van der Waals surface area (Å²) in [6.45, 7) is 3.83. The third-order valence-corrected chi connectivity index (χ3v) is 4.45. The summed E-state index contributed by atoms with van der Waals surface area (Å²) in [6, 6.07) is -0.282. The smallest absolute Gasteiger partial charge is 0.222 e. The van der Waals surface area contributed by atoms with Crippen molar-refractivity contribution in [2.75, 3.05) is 25.1 Å². The number of amides is 1. The molecule has 0 rings (SSSR count). The van der Waals surface area contributed by atoms with E-state index in [1.54, 1.807) is 20.9 Å². The standard InChI is InChI=1S/C10H22N2O3S/c1-4-16(14,15)8-9(2)12(3)10(13)6-5-7-11/h9H,4-8,11H2,1-3H3. The predicted octanol–water partition coefficient (Wildman–Crippen LogP) is 0.00690. The summed E-state index contributed by atoms with van der Waals surface area (Å²) >= 11 is 0. The molecule has 1 amide bonds. The molecule has 1 atom stereocenters. The van der Waals surface area contributed by atoms with Gasteiger partial charge < -0.3 is 10.6 Å². The molecule has 6 heteroatoms. The summed E-state index contributed by atoms with van der Waals surface area (Å²) in [7, 11) is -1.40. The molecule has 0 saturated carbocycles. The molecule has 96 valence electrons. The van der Waals surface area contributed by atoms with Gasteiger partial charge in [0.1, 0.15) is 0 Å². The van der Waals surface area contributed by atoms with Crippen LogP contribution in [0.25, 0.3) is 0 Å². The van der Waals surface area contributed by atoms with E-state index >= 15 is 0 Å². The first-order valence-corrected chi connectivity index (χ1v) is 7.32. The molecule has 2 N–H and O–H groups in total. The van der Waals surface area contributed by atoms with E-state index in [4.69, 9.17) is 5.73 Å². The molecule has 0 aromatic carbocycles. The maximum absolute atomic E-state index is 11.6. The molecule has 0 aliphatic rings. The monoisotopic (exact) mass is 250 g/mol. The Hall–Kier alpha value is -0.620. The van der Waals surface area contributed by atoms with Crippen LogP contribution in [0.3, 0.4) is 0 Å². The molecule has 1 unspecified atom stereocenters. The number of hydrogen-bond acceptors (Lipinski definition) is 4. The Labute approximate surface area is 97.9 Å². The Bertz CT molecular complexity index is 314. The molecule has 0 heterocycles. The fraction of sp³-hybridized carbons (Fsp3) is 0.900. The van der Waals surface area contributed by atoms with E-state index in [-0.39, 0.29) is 23.5 Å². The Morgan fingerprint density at radius 3 is 2.44 bits per heavy atom. The van der Waals surface area contributed by atoms with Gasteiger partial charge in [0.15, 0.2) is 9.84 Å². The highest BCUT2D eigenvalue weighted by Gasteiger charge is 2.20. The van der Waals surface area contributed by atoms with Crippen molar-refractivity contribution in [3.8, 4) is 0 Å². The van der Waals surface area contributed by atoms with Crippen LogP contribution in [0.5, 0.6) is 0 Å². The first kappa shape index (κ1) is 15.4. The summed E-state index contributed by atoms with van der Waals surface area (Å²) in [5, 5.41) is 0. The molecule has 5 nitrogen and oxygen atoms in total. The van der Waals surface area contributed by atoms with Crippen LogP contribution in [0, 0.1) is 0 Å². The van der Waals surface area contributed by atoms with Gasteiger partial charge in [-0.05, 0) is 19.9 Å². The Balaban J connectivity index is 4.28. The summed E-state index contributed by atoms with van der Waals surface area (Å²) in [5.74, 6) is 0.0838. The summed E-state index contributed by atoms with van der Waals surface area (Å²) < 4.78 is 22.8. The largest absolute Gasteiger partial charge is 0.342 e. The number of hydrogen-bond donors (Lipinski definition) is 1. The molecule has 0 aliphatic heterocycles. The topological polar surface area (TPSA) is 80.5 Å². The fourth-order valence-corrected chi connectivity index (χ4v) is 2.47. The first-order chi connectivity index (χ1) is 7.34. The van der Waals surface area contributed by atoms with Crippen LogP contribution >= 0.6 is 0 Å². The molecule has 0 aromatic heterocycles. The molecule has 0 aliphatic carbocycles. The van der Waals surface area contributed by atoms with Gasteiger partial charge in [0.05, 0.1) is 5.75 Å². The average Bonchev–Trinajstić information content (AvgIpc) is 2.24. The molecule has 0 fully saturated rings. The Morgan fingerprint density at radius 1 is 1.44 bits per heavy atom. The van der Waals surface area contributed by atoms with Crippen LogP contribution in [0.1, 0.15) is 26.7 Å². The number of sulfone groups is 1. The minimum atomic E-state index is -3.04. The third kappa shape index (κ3) is 5.46. The molecule has 16 heavy (non-hydrogen) atoms. The first-order valence-electron chi connectivity index (χ1n) is 5.50. The molecular formula is C10H22N2O3S. The zero-order valence-electron chi connectivity index (χ0n) is 10.3. The van der Waals surface area contributed by atoms with Crippen molar-refractivity contribution >= 4 is 15.7 Å². The number of carbonyl (C=O) groups is 1. The van der Waals surface area contributed by atoms with Crippen LogP contribution in [0.15, 0.2) is 0 Å². The zero-order chi connectivity index (χ0) is 12.8. The van der Waals surface area contributed by atoms with E-state index in [9.17, 15) is 13.2 Å². The second-order valence-corrected chi connectivity index (χ2v) is 6.34. The normalized spacial score (nSPS) is 13.5. The summed E-state index contributed by atoms with van der Waals surface area (Å²) in [4.78, 5) is 13.1. The number of nitrogens with zero attached hydrogens (tertiary/aromatic N) is 1. The van der Waals surface area contributed by atoms with Gasteiger partial charge in [-0.15, -0.1) is 0 Å². The minimum absolute atomic E-state index is 0.0222.